The highest BCUT2D eigenvalue weighted by molar-refractivity contribution is 7.90. The van der Waals surface area contributed by atoms with Gasteiger partial charge >= 0.3 is 10.2 Å². The standard InChI is InChI=1S/C14H25N3O2S/c1-11(2)10-16-20(18,19)17(12(3)4)14-7-5-13(9-15)6-8-14/h5-8,11-12,16H,9-10,15H2,1-4H3. The predicted octanol–water partition coefficient (Wildman–Crippen LogP) is 1.85. The second-order valence-electron chi connectivity index (χ2n) is 5.51. The molecule has 3 N–H and O–H groups in total. The summed E-state index contributed by atoms with van der Waals surface area (Å²) in [5.41, 5.74) is 7.18. The topological polar surface area (TPSA) is 75.4 Å². The minimum absolute atomic E-state index is 0.164. The maximum Gasteiger partial charge on any atom is 0.301 e. The smallest absolute Gasteiger partial charge is 0.301 e. The lowest BCUT2D eigenvalue weighted by atomic mass is 10.2. The Hall–Kier alpha value is -1.11. The fourth-order valence-electron chi connectivity index (χ4n) is 1.83. The van der Waals surface area contributed by atoms with Gasteiger partial charge in [0, 0.05) is 19.1 Å². The largest absolute Gasteiger partial charge is 0.326 e. The molecule has 0 amide bonds. The van der Waals surface area contributed by atoms with Crippen molar-refractivity contribution in [2.75, 3.05) is 10.8 Å². The third-order valence-corrected chi connectivity index (χ3v) is 4.51. The zero-order valence-electron chi connectivity index (χ0n) is 12.6. The summed E-state index contributed by atoms with van der Waals surface area (Å²) in [5.74, 6) is 0.262. The van der Waals surface area contributed by atoms with E-state index in [1.165, 1.54) is 4.31 Å². The van der Waals surface area contributed by atoms with E-state index in [0.29, 0.717) is 18.8 Å². The quantitative estimate of drug-likeness (QED) is 0.807. The summed E-state index contributed by atoms with van der Waals surface area (Å²) in [5, 5.41) is 0. The van der Waals surface area contributed by atoms with Gasteiger partial charge in [0.25, 0.3) is 0 Å². The molecule has 0 aliphatic carbocycles. The molecule has 0 unspecified atom stereocenters. The lowest BCUT2D eigenvalue weighted by Crippen LogP contribution is -2.45. The van der Waals surface area contributed by atoms with Gasteiger partial charge in [-0.3, -0.25) is 4.31 Å². The fraction of sp³-hybridized carbons (Fsp3) is 0.571. The van der Waals surface area contributed by atoms with Crippen LogP contribution < -0.4 is 14.8 Å². The van der Waals surface area contributed by atoms with Crippen molar-refractivity contribution in [3.8, 4) is 0 Å². The van der Waals surface area contributed by atoms with Gasteiger partial charge in [-0.25, -0.2) is 0 Å². The minimum atomic E-state index is -3.54. The zero-order valence-corrected chi connectivity index (χ0v) is 13.4. The van der Waals surface area contributed by atoms with Crippen LogP contribution in [0.5, 0.6) is 0 Å². The summed E-state index contributed by atoms with van der Waals surface area (Å²) >= 11 is 0. The SMILES string of the molecule is CC(C)CNS(=O)(=O)N(c1ccc(CN)cc1)C(C)C. The average Bonchev–Trinajstić information content (AvgIpc) is 2.37. The highest BCUT2D eigenvalue weighted by atomic mass is 32.2. The number of rotatable bonds is 7. The molecule has 0 spiro atoms. The van der Waals surface area contributed by atoms with Gasteiger partial charge in [-0.1, -0.05) is 26.0 Å². The number of anilines is 1. The summed E-state index contributed by atoms with van der Waals surface area (Å²) < 4.78 is 28.9. The number of nitrogens with zero attached hydrogens (tertiary/aromatic N) is 1. The van der Waals surface area contributed by atoms with E-state index in [0.717, 1.165) is 5.56 Å². The molecule has 0 saturated carbocycles. The maximum absolute atomic E-state index is 12.4. The highest BCUT2D eigenvalue weighted by Gasteiger charge is 2.25. The van der Waals surface area contributed by atoms with E-state index in [4.69, 9.17) is 5.73 Å². The van der Waals surface area contributed by atoms with Crippen molar-refractivity contribution in [1.29, 1.82) is 0 Å². The normalized spacial score (nSPS) is 12.2. The first-order valence-electron chi connectivity index (χ1n) is 6.86. The summed E-state index contributed by atoms with van der Waals surface area (Å²) in [6.45, 7) is 8.51. The van der Waals surface area contributed by atoms with Gasteiger partial charge in [0.15, 0.2) is 0 Å². The van der Waals surface area contributed by atoms with E-state index >= 15 is 0 Å². The molecule has 0 saturated heterocycles. The van der Waals surface area contributed by atoms with E-state index in [-0.39, 0.29) is 12.0 Å². The molecule has 1 aromatic carbocycles. The number of nitrogens with two attached hydrogens (primary N) is 1. The van der Waals surface area contributed by atoms with Crippen molar-refractivity contribution in [2.45, 2.75) is 40.3 Å². The van der Waals surface area contributed by atoms with Crippen molar-refractivity contribution >= 4 is 15.9 Å². The summed E-state index contributed by atoms with van der Waals surface area (Å²) in [4.78, 5) is 0. The minimum Gasteiger partial charge on any atom is -0.326 e. The molecule has 20 heavy (non-hydrogen) atoms. The van der Waals surface area contributed by atoms with E-state index in [2.05, 4.69) is 4.72 Å². The summed E-state index contributed by atoms with van der Waals surface area (Å²) in [7, 11) is -3.54. The van der Waals surface area contributed by atoms with E-state index < -0.39 is 10.2 Å². The van der Waals surface area contributed by atoms with E-state index in [9.17, 15) is 8.42 Å². The van der Waals surface area contributed by atoms with Crippen LogP contribution in [0.25, 0.3) is 0 Å². The molecule has 0 aromatic heterocycles. The molecular formula is C14H25N3O2S. The van der Waals surface area contributed by atoms with Gasteiger partial charge in [-0.05, 0) is 37.5 Å². The molecule has 0 aliphatic rings. The molecular weight excluding hydrogens is 274 g/mol. The number of hydrogen-bond donors (Lipinski definition) is 2. The molecule has 0 atom stereocenters. The molecule has 1 aromatic rings. The monoisotopic (exact) mass is 299 g/mol. The van der Waals surface area contributed by atoms with E-state index in [1.54, 1.807) is 12.1 Å². The van der Waals surface area contributed by atoms with Gasteiger partial charge in [0.2, 0.25) is 0 Å². The molecule has 5 nitrogen and oxygen atoms in total. The lowest BCUT2D eigenvalue weighted by molar-refractivity contribution is 0.550. The Kier molecular flexibility index (Phi) is 5.98. The Bertz CT molecular complexity index is 510. The van der Waals surface area contributed by atoms with Gasteiger partial charge in [-0.15, -0.1) is 0 Å². The summed E-state index contributed by atoms with van der Waals surface area (Å²) in [6, 6.07) is 7.11. The van der Waals surface area contributed by atoms with Crippen LogP contribution >= 0.6 is 0 Å². The molecule has 0 radical (unpaired) electrons. The Morgan fingerprint density at radius 1 is 1.15 bits per heavy atom. The van der Waals surface area contributed by atoms with Crippen LogP contribution in [0.4, 0.5) is 5.69 Å². The highest BCUT2D eigenvalue weighted by Crippen LogP contribution is 2.21. The van der Waals surface area contributed by atoms with Crippen molar-refractivity contribution in [2.24, 2.45) is 11.7 Å². The van der Waals surface area contributed by atoms with Gasteiger partial charge in [-0.2, -0.15) is 13.1 Å². The molecule has 0 aliphatic heterocycles. The number of hydrogen-bond acceptors (Lipinski definition) is 3. The Morgan fingerprint density at radius 2 is 1.70 bits per heavy atom. The third kappa shape index (κ3) is 4.47. The number of nitrogens with one attached hydrogen (secondary N) is 1. The van der Waals surface area contributed by atoms with Gasteiger partial charge in [0.05, 0.1) is 5.69 Å². The van der Waals surface area contributed by atoms with Crippen LogP contribution in [-0.4, -0.2) is 21.0 Å². The van der Waals surface area contributed by atoms with Crippen molar-refractivity contribution in [3.63, 3.8) is 0 Å². The molecule has 114 valence electrons. The molecule has 0 heterocycles. The third-order valence-electron chi connectivity index (χ3n) is 2.83. The molecule has 6 heteroatoms. The second-order valence-corrected chi connectivity index (χ2v) is 7.14. The zero-order chi connectivity index (χ0) is 15.3. The lowest BCUT2D eigenvalue weighted by Gasteiger charge is -2.28. The summed E-state index contributed by atoms with van der Waals surface area (Å²) in [6.07, 6.45) is 0. The van der Waals surface area contributed by atoms with Crippen LogP contribution in [0.3, 0.4) is 0 Å². The van der Waals surface area contributed by atoms with Crippen molar-refractivity contribution in [1.82, 2.24) is 4.72 Å². The molecule has 1 rings (SSSR count). The van der Waals surface area contributed by atoms with Crippen molar-refractivity contribution < 1.29 is 8.42 Å². The first-order valence-corrected chi connectivity index (χ1v) is 8.30. The second kappa shape index (κ2) is 7.06. The van der Waals surface area contributed by atoms with Crippen LogP contribution in [0.15, 0.2) is 24.3 Å². The van der Waals surface area contributed by atoms with Crippen LogP contribution in [0.2, 0.25) is 0 Å². The Labute approximate surface area is 122 Å². The Morgan fingerprint density at radius 3 is 2.10 bits per heavy atom. The van der Waals surface area contributed by atoms with E-state index in [1.807, 2.05) is 39.8 Å². The van der Waals surface area contributed by atoms with Crippen molar-refractivity contribution in [3.05, 3.63) is 29.8 Å². The van der Waals surface area contributed by atoms with Gasteiger partial charge in [0.1, 0.15) is 0 Å². The maximum atomic E-state index is 12.4. The fourth-order valence-corrected chi connectivity index (χ4v) is 3.47. The molecule has 0 fully saturated rings. The van der Waals surface area contributed by atoms with Gasteiger partial charge < -0.3 is 5.73 Å². The molecule has 0 bridgehead atoms. The average molecular weight is 299 g/mol. The first-order chi connectivity index (χ1) is 9.27. The Balaban J connectivity index is 3.03. The van der Waals surface area contributed by atoms with Crippen LogP contribution in [-0.2, 0) is 16.8 Å². The van der Waals surface area contributed by atoms with Crippen LogP contribution in [0.1, 0.15) is 33.3 Å². The first kappa shape index (κ1) is 16.9. The predicted molar refractivity (Wildman–Crippen MR) is 83.7 cm³/mol. The number of benzene rings is 1. The van der Waals surface area contributed by atoms with Crippen LogP contribution in [0, 0.1) is 5.92 Å².